The summed E-state index contributed by atoms with van der Waals surface area (Å²) in [5.74, 6) is 0.635. The van der Waals surface area contributed by atoms with E-state index in [1.54, 1.807) is 0 Å². The van der Waals surface area contributed by atoms with Crippen LogP contribution in [0, 0.1) is 11.3 Å². The normalized spacial score (nSPS) is 30.4. The van der Waals surface area contributed by atoms with Gasteiger partial charge in [0.05, 0.1) is 19.3 Å². The average Bonchev–Trinajstić information content (AvgIpc) is 3.14. The standard InChI is InChI=1S/C22H30N2O2/c25-21(17-6-1-2-7-17)24-16-22(12-18-8-3-4-9-20(18)24)10-5-11-23(15-22)19-13-26-14-19/h3-4,8-9,17,19H,1-2,5-7,10-16H2. The van der Waals surface area contributed by atoms with Crippen LogP contribution in [0.25, 0.3) is 0 Å². The van der Waals surface area contributed by atoms with Crippen molar-refractivity contribution in [2.24, 2.45) is 11.3 Å². The Kier molecular flexibility index (Phi) is 4.29. The van der Waals surface area contributed by atoms with Crippen molar-refractivity contribution in [2.75, 3.05) is 37.7 Å². The molecule has 3 fully saturated rings. The topological polar surface area (TPSA) is 32.8 Å². The molecule has 0 N–H and O–H groups in total. The molecule has 4 aliphatic rings. The molecule has 3 aliphatic heterocycles. The quantitative estimate of drug-likeness (QED) is 0.817. The number of piperidine rings is 1. The Morgan fingerprint density at radius 2 is 1.88 bits per heavy atom. The van der Waals surface area contributed by atoms with Gasteiger partial charge < -0.3 is 9.64 Å². The first-order valence-corrected chi connectivity index (χ1v) is 10.5. The third-order valence-electron chi connectivity index (χ3n) is 7.14. The van der Waals surface area contributed by atoms with E-state index in [-0.39, 0.29) is 11.3 Å². The van der Waals surface area contributed by atoms with Crippen LogP contribution in [-0.4, -0.2) is 49.7 Å². The maximum atomic E-state index is 13.4. The van der Waals surface area contributed by atoms with Gasteiger partial charge in [-0.2, -0.15) is 0 Å². The van der Waals surface area contributed by atoms with Crippen LogP contribution in [0.3, 0.4) is 0 Å². The predicted molar refractivity (Wildman–Crippen MR) is 102 cm³/mol. The molecule has 0 aromatic heterocycles. The first-order valence-electron chi connectivity index (χ1n) is 10.5. The lowest BCUT2D eigenvalue weighted by Gasteiger charge is -2.52. The highest BCUT2D eigenvalue weighted by Gasteiger charge is 2.45. The number of anilines is 1. The van der Waals surface area contributed by atoms with E-state index < -0.39 is 0 Å². The van der Waals surface area contributed by atoms with Crippen molar-refractivity contribution in [3.05, 3.63) is 29.8 Å². The minimum Gasteiger partial charge on any atom is -0.378 e. The summed E-state index contributed by atoms with van der Waals surface area (Å²) in [6.07, 6.45) is 8.18. The highest BCUT2D eigenvalue weighted by molar-refractivity contribution is 5.96. The van der Waals surface area contributed by atoms with Gasteiger partial charge in [-0.3, -0.25) is 9.69 Å². The molecule has 3 heterocycles. The van der Waals surface area contributed by atoms with Crippen LogP contribution in [0.2, 0.25) is 0 Å². The van der Waals surface area contributed by atoms with Gasteiger partial charge in [-0.15, -0.1) is 0 Å². The molecule has 1 saturated carbocycles. The molecule has 2 saturated heterocycles. The van der Waals surface area contributed by atoms with Gasteiger partial charge in [-0.05, 0) is 50.3 Å². The van der Waals surface area contributed by atoms with E-state index in [2.05, 4.69) is 34.1 Å². The number of carbonyl (C=O) groups is 1. The van der Waals surface area contributed by atoms with Gasteiger partial charge in [0.15, 0.2) is 0 Å². The van der Waals surface area contributed by atoms with Crippen LogP contribution in [0.4, 0.5) is 5.69 Å². The Bertz CT molecular complexity index is 680. The van der Waals surface area contributed by atoms with Gasteiger partial charge in [-0.25, -0.2) is 0 Å². The SMILES string of the molecule is O=C(C1CCCC1)N1CC2(CCCN(C3COC3)C2)Cc2ccccc21. The van der Waals surface area contributed by atoms with Gasteiger partial charge >= 0.3 is 0 Å². The lowest BCUT2D eigenvalue weighted by molar-refractivity contribution is -0.123. The molecule has 5 rings (SSSR count). The summed E-state index contributed by atoms with van der Waals surface area (Å²) in [7, 11) is 0. The number of para-hydroxylation sites is 1. The number of ether oxygens (including phenoxy) is 1. The van der Waals surface area contributed by atoms with Crippen molar-refractivity contribution in [3.8, 4) is 0 Å². The fraction of sp³-hybridized carbons (Fsp3) is 0.682. The number of benzene rings is 1. The van der Waals surface area contributed by atoms with Crippen molar-refractivity contribution in [2.45, 2.75) is 51.0 Å². The number of carbonyl (C=O) groups excluding carboxylic acids is 1. The van der Waals surface area contributed by atoms with Gasteiger partial charge in [0.25, 0.3) is 0 Å². The highest BCUT2D eigenvalue weighted by Crippen LogP contribution is 2.44. The third-order valence-corrected chi connectivity index (χ3v) is 7.14. The smallest absolute Gasteiger partial charge is 0.230 e. The number of likely N-dealkylation sites (tertiary alicyclic amines) is 1. The summed E-state index contributed by atoms with van der Waals surface area (Å²) in [6, 6.07) is 9.23. The minimum atomic E-state index is 0.219. The van der Waals surface area contributed by atoms with Crippen LogP contribution >= 0.6 is 0 Å². The van der Waals surface area contributed by atoms with Crippen molar-refractivity contribution in [3.63, 3.8) is 0 Å². The predicted octanol–water partition coefficient (Wildman–Crippen LogP) is 3.25. The zero-order chi connectivity index (χ0) is 17.6. The highest BCUT2D eigenvalue weighted by atomic mass is 16.5. The average molecular weight is 354 g/mol. The van der Waals surface area contributed by atoms with E-state index in [1.165, 1.54) is 43.5 Å². The fourth-order valence-corrected chi connectivity index (χ4v) is 5.66. The van der Waals surface area contributed by atoms with Crippen LogP contribution in [-0.2, 0) is 16.0 Å². The van der Waals surface area contributed by atoms with E-state index in [0.29, 0.717) is 11.9 Å². The maximum absolute atomic E-state index is 13.4. The minimum absolute atomic E-state index is 0.219. The molecule has 26 heavy (non-hydrogen) atoms. The zero-order valence-electron chi connectivity index (χ0n) is 15.7. The zero-order valence-corrected chi connectivity index (χ0v) is 15.7. The molecule has 1 aliphatic carbocycles. The number of amides is 1. The Morgan fingerprint density at radius 3 is 2.65 bits per heavy atom. The largest absolute Gasteiger partial charge is 0.378 e. The molecule has 4 nitrogen and oxygen atoms in total. The summed E-state index contributed by atoms with van der Waals surface area (Å²) in [6.45, 7) is 4.98. The van der Waals surface area contributed by atoms with E-state index in [1.807, 2.05) is 0 Å². The Labute approximate surface area is 156 Å². The number of fused-ring (bicyclic) bond motifs is 1. The summed E-state index contributed by atoms with van der Waals surface area (Å²) >= 11 is 0. The van der Waals surface area contributed by atoms with Crippen molar-refractivity contribution < 1.29 is 9.53 Å². The molecule has 1 aromatic carbocycles. The first kappa shape index (κ1) is 16.8. The summed E-state index contributed by atoms with van der Waals surface area (Å²) < 4.78 is 5.44. The van der Waals surface area contributed by atoms with Crippen LogP contribution in [0.5, 0.6) is 0 Å². The monoisotopic (exact) mass is 354 g/mol. The summed E-state index contributed by atoms with van der Waals surface area (Å²) in [5, 5.41) is 0. The van der Waals surface area contributed by atoms with Gasteiger partial charge in [0, 0.05) is 30.1 Å². The van der Waals surface area contributed by atoms with Crippen LogP contribution in [0.15, 0.2) is 24.3 Å². The van der Waals surface area contributed by atoms with Gasteiger partial charge in [-0.1, -0.05) is 31.0 Å². The molecule has 1 aromatic rings. The molecule has 1 unspecified atom stereocenters. The molecule has 4 heteroatoms. The number of nitrogens with zero attached hydrogens (tertiary/aromatic N) is 2. The number of hydrogen-bond donors (Lipinski definition) is 0. The summed E-state index contributed by atoms with van der Waals surface area (Å²) in [5.41, 5.74) is 2.77. The molecule has 1 spiro atoms. The second kappa shape index (κ2) is 6.65. The van der Waals surface area contributed by atoms with Gasteiger partial charge in [0.2, 0.25) is 5.91 Å². The van der Waals surface area contributed by atoms with Crippen molar-refractivity contribution in [1.29, 1.82) is 0 Å². The number of rotatable bonds is 2. The summed E-state index contributed by atoms with van der Waals surface area (Å²) in [4.78, 5) is 18.2. The molecule has 1 atom stereocenters. The second-order valence-corrected chi connectivity index (χ2v) is 8.98. The van der Waals surface area contributed by atoms with E-state index in [9.17, 15) is 4.79 Å². The lowest BCUT2D eigenvalue weighted by Crippen LogP contribution is -2.60. The lowest BCUT2D eigenvalue weighted by atomic mass is 9.71. The molecule has 1 amide bonds. The Balaban J connectivity index is 1.44. The molecular weight excluding hydrogens is 324 g/mol. The number of hydrogen-bond acceptors (Lipinski definition) is 3. The molecular formula is C22H30N2O2. The van der Waals surface area contributed by atoms with Crippen molar-refractivity contribution in [1.82, 2.24) is 4.90 Å². The maximum Gasteiger partial charge on any atom is 0.230 e. The Morgan fingerprint density at radius 1 is 1.08 bits per heavy atom. The molecule has 0 radical (unpaired) electrons. The van der Waals surface area contributed by atoms with E-state index in [0.717, 1.165) is 45.6 Å². The first-order chi connectivity index (χ1) is 12.7. The van der Waals surface area contributed by atoms with Crippen LogP contribution < -0.4 is 4.90 Å². The second-order valence-electron chi connectivity index (χ2n) is 8.98. The van der Waals surface area contributed by atoms with E-state index >= 15 is 0 Å². The van der Waals surface area contributed by atoms with Crippen LogP contribution in [0.1, 0.15) is 44.1 Å². The molecule has 140 valence electrons. The Hall–Kier alpha value is -1.39. The van der Waals surface area contributed by atoms with Gasteiger partial charge in [0.1, 0.15) is 0 Å². The van der Waals surface area contributed by atoms with Crippen molar-refractivity contribution >= 4 is 11.6 Å². The fourth-order valence-electron chi connectivity index (χ4n) is 5.66. The molecule has 0 bridgehead atoms. The third kappa shape index (κ3) is 2.87. The van der Waals surface area contributed by atoms with E-state index in [4.69, 9.17) is 4.74 Å².